The van der Waals surface area contributed by atoms with Crippen LogP contribution in [0.1, 0.15) is 27.8 Å². The molecule has 4 nitrogen and oxygen atoms in total. The molecule has 0 amide bonds. The molecule has 0 radical (unpaired) electrons. The van der Waals surface area contributed by atoms with Crippen LogP contribution in [0.2, 0.25) is 0 Å². The number of rotatable bonds is 6. The van der Waals surface area contributed by atoms with Crippen molar-refractivity contribution in [3.63, 3.8) is 0 Å². The fourth-order valence-electron chi connectivity index (χ4n) is 3.54. The number of hydrogen-bond donors (Lipinski definition) is 0. The van der Waals surface area contributed by atoms with E-state index in [1.54, 1.807) is 0 Å². The molecule has 0 aromatic heterocycles. The van der Waals surface area contributed by atoms with Gasteiger partial charge in [0.2, 0.25) is 0 Å². The lowest BCUT2D eigenvalue weighted by Gasteiger charge is -2.43. The quantitative estimate of drug-likeness (QED) is 0.590. The fraction of sp³-hybridized carbons (Fsp3) is 0.455. The van der Waals surface area contributed by atoms with Gasteiger partial charge >= 0.3 is 0 Å². The molecule has 0 aliphatic heterocycles. The van der Waals surface area contributed by atoms with E-state index in [1.165, 1.54) is 27.8 Å². The van der Waals surface area contributed by atoms with Gasteiger partial charge in [0.1, 0.15) is 0 Å². The van der Waals surface area contributed by atoms with Crippen LogP contribution in [0.25, 0.3) is 0 Å². The van der Waals surface area contributed by atoms with E-state index >= 15 is 0 Å². The molecular formula is C22H35N4P. The largest absolute Gasteiger partial charge is 0.252 e. The zero-order valence-corrected chi connectivity index (χ0v) is 19.3. The Kier molecular flexibility index (Phi) is 7.04. The Labute approximate surface area is 166 Å². The van der Waals surface area contributed by atoms with Crippen LogP contribution in [-0.2, 0) is 6.54 Å². The smallest absolute Gasteiger partial charge is 0.172 e. The maximum atomic E-state index is 5.39. The molecule has 0 heterocycles. The highest BCUT2D eigenvalue weighted by atomic mass is 31.2. The van der Waals surface area contributed by atoms with Crippen molar-refractivity contribution in [2.24, 2.45) is 4.74 Å². The highest BCUT2D eigenvalue weighted by molar-refractivity contribution is 7.59. The Morgan fingerprint density at radius 3 is 1.81 bits per heavy atom. The maximum absolute atomic E-state index is 5.39. The molecule has 0 unspecified atom stereocenters. The molecule has 0 spiro atoms. The monoisotopic (exact) mass is 386 g/mol. The van der Waals surface area contributed by atoms with E-state index in [-0.39, 0.29) is 0 Å². The van der Waals surface area contributed by atoms with Gasteiger partial charge in [0, 0.05) is 6.54 Å². The van der Waals surface area contributed by atoms with Crippen molar-refractivity contribution < 1.29 is 0 Å². The van der Waals surface area contributed by atoms with Crippen LogP contribution in [0, 0.1) is 27.7 Å². The van der Waals surface area contributed by atoms with Crippen molar-refractivity contribution in [2.75, 3.05) is 35.2 Å². The Morgan fingerprint density at radius 2 is 1.26 bits per heavy atom. The number of hydrogen-bond acceptors (Lipinski definition) is 1. The van der Waals surface area contributed by atoms with E-state index in [9.17, 15) is 0 Å². The SMILES string of the molecule is Cc1cccc(CN(C)P(=Nc2cccc(C)c2C)(N(C)C)N(C)C)c1C. The summed E-state index contributed by atoms with van der Waals surface area (Å²) < 4.78 is 12.4. The summed E-state index contributed by atoms with van der Waals surface area (Å²) in [5.74, 6) is 0. The van der Waals surface area contributed by atoms with Crippen molar-refractivity contribution in [3.05, 3.63) is 64.2 Å². The molecule has 0 saturated heterocycles. The first-order valence-electron chi connectivity index (χ1n) is 9.42. The average Bonchev–Trinajstić information content (AvgIpc) is 2.59. The van der Waals surface area contributed by atoms with Gasteiger partial charge in [-0.15, -0.1) is 0 Å². The van der Waals surface area contributed by atoms with E-state index in [4.69, 9.17) is 4.74 Å². The van der Waals surface area contributed by atoms with E-state index in [2.05, 4.69) is 113 Å². The summed E-state index contributed by atoms with van der Waals surface area (Å²) in [6.07, 6.45) is 0. The van der Waals surface area contributed by atoms with E-state index in [1.807, 2.05) is 0 Å². The highest BCUT2D eigenvalue weighted by Crippen LogP contribution is 2.58. The predicted molar refractivity (Wildman–Crippen MR) is 120 cm³/mol. The van der Waals surface area contributed by atoms with Gasteiger partial charge in [-0.3, -0.25) is 9.34 Å². The topological polar surface area (TPSA) is 22.1 Å². The van der Waals surface area contributed by atoms with Gasteiger partial charge in [-0.05, 0) is 96.8 Å². The van der Waals surface area contributed by atoms with Gasteiger partial charge in [-0.2, -0.15) is 0 Å². The minimum Gasteiger partial charge on any atom is -0.252 e. The van der Waals surface area contributed by atoms with Crippen LogP contribution in [0.5, 0.6) is 0 Å². The molecule has 0 N–H and O–H groups in total. The first-order valence-corrected chi connectivity index (χ1v) is 11.0. The Hall–Kier alpha value is -1.45. The normalized spacial score (nSPS) is 12.3. The van der Waals surface area contributed by atoms with Gasteiger partial charge in [-0.1, -0.05) is 30.3 Å². The van der Waals surface area contributed by atoms with Crippen LogP contribution >= 0.6 is 7.51 Å². The van der Waals surface area contributed by atoms with Gasteiger partial charge in [-0.25, -0.2) is 9.42 Å². The lowest BCUT2D eigenvalue weighted by Crippen LogP contribution is -2.32. The molecule has 27 heavy (non-hydrogen) atoms. The van der Waals surface area contributed by atoms with Crippen molar-refractivity contribution >= 4 is 13.2 Å². The molecular weight excluding hydrogens is 351 g/mol. The fourth-order valence-corrected chi connectivity index (χ4v) is 6.83. The molecule has 2 aromatic rings. The van der Waals surface area contributed by atoms with Crippen LogP contribution in [0.15, 0.2) is 41.1 Å². The molecule has 0 atom stereocenters. The van der Waals surface area contributed by atoms with E-state index in [0.29, 0.717) is 0 Å². The molecule has 2 aromatic carbocycles. The van der Waals surface area contributed by atoms with Crippen molar-refractivity contribution in [2.45, 2.75) is 34.2 Å². The van der Waals surface area contributed by atoms with Gasteiger partial charge in [0.25, 0.3) is 0 Å². The summed E-state index contributed by atoms with van der Waals surface area (Å²) in [5, 5.41) is 0. The molecule has 0 aliphatic carbocycles. The molecule has 0 bridgehead atoms. The Balaban J connectivity index is 2.61. The summed E-state index contributed by atoms with van der Waals surface area (Å²) in [7, 11) is 8.69. The summed E-state index contributed by atoms with van der Waals surface area (Å²) in [5.41, 5.74) is 7.69. The van der Waals surface area contributed by atoms with Crippen LogP contribution in [0.4, 0.5) is 5.69 Å². The second kappa shape index (κ2) is 8.70. The predicted octanol–water partition coefficient (Wildman–Crippen LogP) is 5.75. The number of nitrogens with zero attached hydrogens (tertiary/aromatic N) is 4. The minimum absolute atomic E-state index is 0.867. The van der Waals surface area contributed by atoms with Gasteiger partial charge < -0.3 is 0 Å². The maximum Gasteiger partial charge on any atom is 0.172 e. The standard InChI is InChI=1S/C22H35N4P/c1-17-12-10-14-21(19(17)3)16-26(9)27(24(5)6,25(7)8)23-22-15-11-13-18(2)20(22)4/h10-15H,16H2,1-9H3. The van der Waals surface area contributed by atoms with Crippen molar-refractivity contribution in [3.8, 4) is 0 Å². The summed E-state index contributed by atoms with van der Waals surface area (Å²) >= 11 is 0. The van der Waals surface area contributed by atoms with Crippen LogP contribution in [-0.4, -0.2) is 49.2 Å². The molecule has 0 aliphatic rings. The molecule has 5 heteroatoms. The van der Waals surface area contributed by atoms with Crippen molar-refractivity contribution in [1.82, 2.24) is 14.0 Å². The van der Waals surface area contributed by atoms with E-state index in [0.717, 1.165) is 12.2 Å². The first kappa shape index (κ1) is 21.8. The molecule has 0 saturated carbocycles. The minimum atomic E-state index is -2.08. The second-order valence-electron chi connectivity index (χ2n) is 7.72. The first-order chi connectivity index (χ1) is 12.6. The molecule has 0 fully saturated rings. The highest BCUT2D eigenvalue weighted by Gasteiger charge is 2.31. The third-order valence-electron chi connectivity index (χ3n) is 5.47. The molecule has 148 valence electrons. The van der Waals surface area contributed by atoms with E-state index < -0.39 is 7.51 Å². The zero-order valence-electron chi connectivity index (χ0n) is 18.4. The lowest BCUT2D eigenvalue weighted by atomic mass is 10.0. The van der Waals surface area contributed by atoms with Gasteiger partial charge in [0.15, 0.2) is 7.51 Å². The van der Waals surface area contributed by atoms with Crippen LogP contribution < -0.4 is 0 Å². The summed E-state index contributed by atoms with van der Waals surface area (Å²) in [6, 6.07) is 13.0. The second-order valence-corrected chi connectivity index (χ2v) is 11.3. The Morgan fingerprint density at radius 1 is 0.741 bits per heavy atom. The number of benzene rings is 2. The lowest BCUT2D eigenvalue weighted by molar-refractivity contribution is 0.426. The third kappa shape index (κ3) is 4.35. The third-order valence-corrected chi connectivity index (χ3v) is 9.15. The average molecular weight is 387 g/mol. The number of aryl methyl sites for hydroxylation is 2. The Bertz CT molecular complexity index is 843. The zero-order chi connectivity index (χ0) is 20.4. The van der Waals surface area contributed by atoms with Crippen molar-refractivity contribution in [1.29, 1.82) is 0 Å². The summed E-state index contributed by atoms with van der Waals surface area (Å²) in [6.45, 7) is 9.58. The molecule has 2 rings (SSSR count). The van der Waals surface area contributed by atoms with Gasteiger partial charge in [0.05, 0.1) is 5.69 Å². The summed E-state index contributed by atoms with van der Waals surface area (Å²) in [4.78, 5) is 0. The van der Waals surface area contributed by atoms with Crippen LogP contribution in [0.3, 0.4) is 0 Å².